The van der Waals surface area contributed by atoms with Crippen LogP contribution in [0, 0.1) is 10.1 Å². The third-order valence-electron chi connectivity index (χ3n) is 4.38. The fourth-order valence-corrected chi connectivity index (χ4v) is 2.99. The first-order valence-electron chi connectivity index (χ1n) is 9.15. The van der Waals surface area contributed by atoms with E-state index >= 15 is 0 Å². The highest BCUT2D eigenvalue weighted by Gasteiger charge is 2.10. The molecule has 0 unspecified atom stereocenters. The number of non-ortho nitro benzene ring substituents is 1. The number of nitrogens with one attached hydrogen (secondary N) is 2. The van der Waals surface area contributed by atoms with Crippen LogP contribution in [0.15, 0.2) is 60.7 Å². The Hall–Kier alpha value is -3.65. The normalized spacial score (nSPS) is 10.6. The van der Waals surface area contributed by atoms with E-state index in [-0.39, 0.29) is 12.3 Å². The lowest BCUT2D eigenvalue weighted by molar-refractivity contribution is -0.384. The smallest absolute Gasteiger partial charge is 0.269 e. The third-order valence-corrected chi connectivity index (χ3v) is 4.38. The van der Waals surface area contributed by atoms with Gasteiger partial charge in [0.15, 0.2) is 6.61 Å². The van der Waals surface area contributed by atoms with Crippen LogP contribution in [-0.2, 0) is 11.3 Å². The number of carbonyl (C=O) groups excluding carboxylic acids is 1. The van der Waals surface area contributed by atoms with Gasteiger partial charge in [-0.2, -0.15) is 0 Å². The number of nitro benzene ring substituents is 1. The Labute approximate surface area is 167 Å². The predicted molar refractivity (Wildman–Crippen MR) is 112 cm³/mol. The van der Waals surface area contributed by atoms with Gasteiger partial charge in [0.05, 0.1) is 4.92 Å². The van der Waals surface area contributed by atoms with E-state index < -0.39 is 10.8 Å². The van der Waals surface area contributed by atoms with Gasteiger partial charge in [0.2, 0.25) is 0 Å². The van der Waals surface area contributed by atoms with Crippen LogP contribution < -0.4 is 21.1 Å². The Balaban J connectivity index is 1.59. The molecule has 29 heavy (non-hydrogen) atoms. The fraction of sp³-hybridized carbons (Fsp3) is 0.190. The van der Waals surface area contributed by atoms with Crippen LogP contribution in [0.5, 0.6) is 5.75 Å². The number of amides is 1. The molecule has 0 spiro atoms. The van der Waals surface area contributed by atoms with Crippen molar-refractivity contribution in [2.45, 2.75) is 6.54 Å². The van der Waals surface area contributed by atoms with E-state index in [1.807, 2.05) is 36.4 Å². The van der Waals surface area contributed by atoms with E-state index in [0.717, 1.165) is 22.0 Å². The molecular formula is C21H22N4O4. The molecular weight excluding hydrogens is 372 g/mol. The monoisotopic (exact) mass is 394 g/mol. The highest BCUT2D eigenvalue weighted by atomic mass is 16.6. The molecule has 0 heterocycles. The van der Waals surface area contributed by atoms with Crippen LogP contribution in [0.2, 0.25) is 0 Å². The lowest BCUT2D eigenvalue weighted by Crippen LogP contribution is -2.23. The molecule has 0 radical (unpaired) electrons. The van der Waals surface area contributed by atoms with Crippen LogP contribution in [-0.4, -0.2) is 30.5 Å². The van der Waals surface area contributed by atoms with Gasteiger partial charge >= 0.3 is 0 Å². The average Bonchev–Trinajstić information content (AvgIpc) is 2.72. The minimum atomic E-state index is -0.524. The van der Waals surface area contributed by atoms with Crippen molar-refractivity contribution in [1.29, 1.82) is 0 Å². The third kappa shape index (κ3) is 5.43. The van der Waals surface area contributed by atoms with Crippen LogP contribution >= 0.6 is 0 Å². The first kappa shape index (κ1) is 20.1. The van der Waals surface area contributed by atoms with Crippen molar-refractivity contribution in [3.63, 3.8) is 0 Å². The van der Waals surface area contributed by atoms with Gasteiger partial charge in [0.25, 0.3) is 11.6 Å². The molecule has 0 saturated heterocycles. The zero-order chi connectivity index (χ0) is 20.6. The molecule has 1 amide bonds. The number of rotatable bonds is 10. The van der Waals surface area contributed by atoms with Gasteiger partial charge in [-0.25, -0.2) is 0 Å². The number of nitrogens with zero attached hydrogens (tertiary/aromatic N) is 1. The van der Waals surface area contributed by atoms with E-state index in [0.29, 0.717) is 25.4 Å². The van der Waals surface area contributed by atoms with E-state index in [1.54, 1.807) is 12.1 Å². The molecule has 8 nitrogen and oxygen atoms in total. The van der Waals surface area contributed by atoms with Crippen LogP contribution in [0.1, 0.15) is 5.56 Å². The number of ether oxygens (including phenoxy) is 1. The zero-order valence-electron chi connectivity index (χ0n) is 15.8. The Morgan fingerprint density at radius 2 is 1.79 bits per heavy atom. The van der Waals surface area contributed by atoms with E-state index in [9.17, 15) is 14.9 Å². The second kappa shape index (κ2) is 9.52. The number of nitro groups is 1. The van der Waals surface area contributed by atoms with Gasteiger partial charge in [-0.3, -0.25) is 14.9 Å². The van der Waals surface area contributed by atoms with Gasteiger partial charge in [-0.15, -0.1) is 0 Å². The summed E-state index contributed by atoms with van der Waals surface area (Å²) in [7, 11) is 0. The second-order valence-electron chi connectivity index (χ2n) is 6.43. The summed E-state index contributed by atoms with van der Waals surface area (Å²) < 4.78 is 5.58. The summed E-state index contributed by atoms with van der Waals surface area (Å²) in [5.41, 5.74) is 7.03. The number of hydrogen-bond donors (Lipinski definition) is 3. The number of fused-ring (bicyclic) bond motifs is 1. The molecule has 8 heteroatoms. The van der Waals surface area contributed by atoms with Crippen molar-refractivity contribution < 1.29 is 14.5 Å². The first-order valence-corrected chi connectivity index (χ1v) is 9.15. The van der Waals surface area contributed by atoms with Crippen molar-refractivity contribution in [2.75, 3.05) is 25.0 Å². The van der Waals surface area contributed by atoms with E-state index in [1.165, 1.54) is 12.1 Å². The maximum atomic E-state index is 11.1. The van der Waals surface area contributed by atoms with Gasteiger partial charge < -0.3 is 21.1 Å². The molecule has 0 aromatic heterocycles. The molecule has 3 rings (SSSR count). The van der Waals surface area contributed by atoms with Crippen molar-refractivity contribution in [3.05, 3.63) is 76.3 Å². The number of hydrogen-bond acceptors (Lipinski definition) is 6. The quantitative estimate of drug-likeness (QED) is 0.276. The minimum Gasteiger partial charge on any atom is -0.483 e. The molecule has 4 N–H and O–H groups in total. The summed E-state index contributed by atoms with van der Waals surface area (Å²) in [4.78, 5) is 21.3. The van der Waals surface area contributed by atoms with E-state index in [4.69, 9.17) is 10.5 Å². The molecule has 150 valence electrons. The van der Waals surface area contributed by atoms with Gasteiger partial charge in [0.1, 0.15) is 5.75 Å². The number of nitrogens with two attached hydrogens (primary N) is 1. The lowest BCUT2D eigenvalue weighted by Gasteiger charge is -2.15. The fourth-order valence-electron chi connectivity index (χ4n) is 2.99. The minimum absolute atomic E-state index is 0.0631. The summed E-state index contributed by atoms with van der Waals surface area (Å²) in [5.74, 6) is 0.0997. The van der Waals surface area contributed by atoms with Crippen molar-refractivity contribution >= 4 is 28.1 Å². The average molecular weight is 394 g/mol. The number of anilines is 1. The van der Waals surface area contributed by atoms with Crippen molar-refractivity contribution in [2.24, 2.45) is 5.73 Å². The topological polar surface area (TPSA) is 120 Å². The molecule has 0 fully saturated rings. The zero-order valence-corrected chi connectivity index (χ0v) is 15.8. The summed E-state index contributed by atoms with van der Waals surface area (Å²) in [6.07, 6.45) is 0. The Kier molecular flexibility index (Phi) is 6.59. The Morgan fingerprint density at radius 1 is 1.03 bits per heavy atom. The molecule has 0 aliphatic rings. The summed E-state index contributed by atoms with van der Waals surface area (Å²) in [6, 6.07) is 18.0. The van der Waals surface area contributed by atoms with Gasteiger partial charge in [-0.05, 0) is 29.0 Å². The maximum Gasteiger partial charge on any atom is 0.269 e. The maximum absolute atomic E-state index is 11.1. The van der Waals surface area contributed by atoms with Gasteiger partial charge in [-0.1, -0.05) is 30.3 Å². The standard InChI is InChI=1S/C21H22N4O4/c22-21(26)14-29-20-10-5-15-3-1-2-4-18(15)19(20)13-23-11-12-24-16-6-8-17(9-7-16)25(27)28/h1-10,23-24H,11-14H2,(H2,22,26). The highest BCUT2D eigenvalue weighted by Crippen LogP contribution is 2.28. The summed E-state index contributed by atoms with van der Waals surface area (Å²) in [5, 5.41) is 19.4. The van der Waals surface area contributed by atoms with Crippen LogP contribution in [0.4, 0.5) is 11.4 Å². The highest BCUT2D eigenvalue weighted by molar-refractivity contribution is 5.88. The van der Waals surface area contributed by atoms with Crippen molar-refractivity contribution in [1.82, 2.24) is 5.32 Å². The molecule has 0 aliphatic heterocycles. The number of benzene rings is 3. The SMILES string of the molecule is NC(=O)COc1ccc2ccccc2c1CNCCNc1ccc([N+](=O)[O-])cc1. The summed E-state index contributed by atoms with van der Waals surface area (Å²) >= 11 is 0. The van der Waals surface area contributed by atoms with Crippen LogP contribution in [0.3, 0.4) is 0 Å². The second-order valence-corrected chi connectivity index (χ2v) is 6.43. The molecule has 0 atom stereocenters. The molecule has 3 aromatic carbocycles. The van der Waals surface area contributed by atoms with E-state index in [2.05, 4.69) is 10.6 Å². The lowest BCUT2D eigenvalue weighted by atomic mass is 10.0. The van der Waals surface area contributed by atoms with Crippen molar-refractivity contribution in [3.8, 4) is 5.75 Å². The molecule has 0 aliphatic carbocycles. The molecule has 0 bridgehead atoms. The molecule has 0 saturated carbocycles. The largest absolute Gasteiger partial charge is 0.483 e. The number of primary amides is 1. The Morgan fingerprint density at radius 3 is 2.52 bits per heavy atom. The summed E-state index contributed by atoms with van der Waals surface area (Å²) in [6.45, 7) is 1.68. The van der Waals surface area contributed by atoms with Crippen LogP contribution in [0.25, 0.3) is 10.8 Å². The first-order chi connectivity index (χ1) is 14.0. The number of carbonyl (C=O) groups is 1. The molecule has 3 aromatic rings. The predicted octanol–water partition coefficient (Wildman–Crippen LogP) is 2.81. The van der Waals surface area contributed by atoms with Gasteiger partial charge in [0, 0.05) is 43.0 Å². The Bertz CT molecular complexity index is 1010.